The van der Waals surface area contributed by atoms with Crippen LogP contribution in [0.2, 0.25) is 0 Å². The predicted molar refractivity (Wildman–Crippen MR) is 142 cm³/mol. The Balaban J connectivity index is 1.28. The first kappa shape index (κ1) is 22.9. The second-order valence-corrected chi connectivity index (χ2v) is 9.13. The van der Waals surface area contributed by atoms with E-state index in [1.807, 2.05) is 76.8 Å². The number of thiazole rings is 1. The molecule has 8 nitrogen and oxygen atoms in total. The maximum absolute atomic E-state index is 6.21. The molecular formula is C28H23N3O5S. The highest BCUT2D eigenvalue weighted by atomic mass is 32.1. The Morgan fingerprint density at radius 1 is 0.838 bits per heavy atom. The van der Waals surface area contributed by atoms with E-state index in [1.165, 1.54) is 0 Å². The largest absolute Gasteiger partial charge is 0.497 e. The van der Waals surface area contributed by atoms with E-state index in [-0.39, 0.29) is 0 Å². The van der Waals surface area contributed by atoms with Gasteiger partial charge in [0.05, 0.1) is 38.6 Å². The minimum absolute atomic E-state index is 0.309. The van der Waals surface area contributed by atoms with Crippen LogP contribution in [0, 0.1) is 0 Å². The fourth-order valence-corrected chi connectivity index (χ4v) is 4.86. The van der Waals surface area contributed by atoms with E-state index in [0.29, 0.717) is 35.1 Å². The lowest BCUT2D eigenvalue weighted by Gasteiger charge is -2.08. The molecule has 2 aromatic carbocycles. The molecule has 4 heterocycles. The van der Waals surface area contributed by atoms with Crippen LogP contribution < -0.4 is 18.9 Å². The Bertz CT molecular complexity index is 1700. The number of rotatable bonds is 8. The number of hydrogen-bond donors (Lipinski definition) is 0. The Labute approximate surface area is 216 Å². The highest BCUT2D eigenvalue weighted by Gasteiger charge is 2.16. The first-order valence-electron chi connectivity index (χ1n) is 11.5. The van der Waals surface area contributed by atoms with Crippen LogP contribution in [0.1, 0.15) is 5.69 Å². The third kappa shape index (κ3) is 4.45. The Morgan fingerprint density at radius 2 is 1.62 bits per heavy atom. The van der Waals surface area contributed by atoms with Crippen LogP contribution in [0.3, 0.4) is 0 Å². The zero-order valence-electron chi connectivity index (χ0n) is 20.4. The molecule has 0 saturated carbocycles. The first-order valence-corrected chi connectivity index (χ1v) is 12.4. The van der Waals surface area contributed by atoms with Gasteiger partial charge in [0, 0.05) is 29.3 Å². The van der Waals surface area contributed by atoms with Crippen molar-refractivity contribution in [1.29, 1.82) is 0 Å². The van der Waals surface area contributed by atoms with Gasteiger partial charge in [0.2, 0.25) is 0 Å². The fourth-order valence-electron chi connectivity index (χ4n) is 4.05. The number of furan rings is 1. The van der Waals surface area contributed by atoms with Gasteiger partial charge in [-0.05, 0) is 42.5 Å². The van der Waals surface area contributed by atoms with Crippen molar-refractivity contribution < 1.29 is 23.4 Å². The van der Waals surface area contributed by atoms with E-state index in [9.17, 15) is 0 Å². The zero-order valence-corrected chi connectivity index (χ0v) is 21.2. The second-order valence-electron chi connectivity index (χ2n) is 8.27. The van der Waals surface area contributed by atoms with Crippen molar-refractivity contribution in [3.63, 3.8) is 0 Å². The molecule has 0 aliphatic rings. The number of fused-ring (bicyclic) bond motifs is 2. The molecule has 0 aliphatic heterocycles. The second kappa shape index (κ2) is 9.51. The third-order valence-corrected chi connectivity index (χ3v) is 6.93. The molecule has 0 radical (unpaired) electrons. The van der Waals surface area contributed by atoms with Crippen LogP contribution in [0.25, 0.3) is 38.6 Å². The van der Waals surface area contributed by atoms with Gasteiger partial charge in [0.1, 0.15) is 51.5 Å². The van der Waals surface area contributed by atoms with E-state index >= 15 is 0 Å². The van der Waals surface area contributed by atoms with Gasteiger partial charge in [-0.2, -0.15) is 0 Å². The molecule has 0 saturated heterocycles. The molecule has 9 heteroatoms. The van der Waals surface area contributed by atoms with Gasteiger partial charge in [-0.3, -0.25) is 0 Å². The minimum Gasteiger partial charge on any atom is -0.497 e. The number of benzene rings is 2. The average Bonchev–Trinajstić information content (AvgIpc) is 3.69. The summed E-state index contributed by atoms with van der Waals surface area (Å²) in [6.07, 6.45) is 3.78. The van der Waals surface area contributed by atoms with Crippen molar-refractivity contribution in [2.45, 2.75) is 6.61 Å². The van der Waals surface area contributed by atoms with Crippen molar-refractivity contribution in [3.05, 3.63) is 78.1 Å². The number of imidazole rings is 1. The van der Waals surface area contributed by atoms with E-state index in [2.05, 4.69) is 4.98 Å². The fraction of sp³-hybridized carbons (Fsp3) is 0.143. The lowest BCUT2D eigenvalue weighted by molar-refractivity contribution is 0.303. The van der Waals surface area contributed by atoms with Gasteiger partial charge < -0.3 is 27.8 Å². The smallest absolute Gasteiger partial charge is 0.155 e. The van der Waals surface area contributed by atoms with Crippen LogP contribution in [0.15, 0.2) is 76.8 Å². The van der Waals surface area contributed by atoms with Gasteiger partial charge >= 0.3 is 0 Å². The van der Waals surface area contributed by atoms with Gasteiger partial charge in [-0.15, -0.1) is 11.3 Å². The molecule has 0 aliphatic carbocycles. The summed E-state index contributed by atoms with van der Waals surface area (Å²) in [5.74, 6) is 3.48. The molecule has 6 rings (SSSR count). The van der Waals surface area contributed by atoms with Crippen molar-refractivity contribution >= 4 is 28.0 Å². The molecule has 186 valence electrons. The quantitative estimate of drug-likeness (QED) is 0.231. The van der Waals surface area contributed by atoms with Crippen LogP contribution in [0.4, 0.5) is 0 Å². The lowest BCUT2D eigenvalue weighted by Crippen LogP contribution is -1.97. The average molecular weight is 514 g/mol. The molecule has 4 aromatic heterocycles. The summed E-state index contributed by atoms with van der Waals surface area (Å²) >= 11 is 1.57. The molecule has 0 fully saturated rings. The highest BCUT2D eigenvalue weighted by molar-refractivity contribution is 7.13. The highest BCUT2D eigenvalue weighted by Crippen LogP contribution is 2.37. The third-order valence-electron chi connectivity index (χ3n) is 5.99. The SMILES string of the molecule is COc1ccc(-c2nc(COc3cc(OC)cc4oc(-c5cn6cc(OC)ccc6n5)cc34)cs2)cc1. The Morgan fingerprint density at radius 3 is 2.41 bits per heavy atom. The normalized spacial score (nSPS) is 11.2. The van der Waals surface area contributed by atoms with E-state index in [4.69, 9.17) is 28.3 Å². The summed E-state index contributed by atoms with van der Waals surface area (Å²) in [6, 6.07) is 17.3. The number of pyridine rings is 1. The summed E-state index contributed by atoms with van der Waals surface area (Å²) < 4.78 is 30.3. The van der Waals surface area contributed by atoms with Gasteiger partial charge in [-0.25, -0.2) is 9.97 Å². The standard InChI is InChI=1S/C28H23N3O5S/c1-32-19-6-4-17(5-7-19)28-29-18(16-37-28)15-35-24-10-21(34-3)11-25-22(24)12-26(36-25)23-14-31-13-20(33-2)8-9-27(31)30-23/h4-14,16H,15H2,1-3H3. The van der Waals surface area contributed by atoms with Crippen LogP contribution >= 0.6 is 11.3 Å². The maximum Gasteiger partial charge on any atom is 0.155 e. The summed E-state index contributed by atoms with van der Waals surface area (Å²) in [4.78, 5) is 9.43. The molecule has 37 heavy (non-hydrogen) atoms. The maximum atomic E-state index is 6.21. The summed E-state index contributed by atoms with van der Waals surface area (Å²) in [7, 11) is 4.91. The molecule has 0 spiro atoms. The molecule has 0 atom stereocenters. The number of nitrogens with zero attached hydrogens (tertiary/aromatic N) is 3. The first-order chi connectivity index (χ1) is 18.1. The van der Waals surface area contributed by atoms with Crippen LogP contribution in [-0.2, 0) is 6.61 Å². The Hall–Kier alpha value is -4.50. The number of aromatic nitrogens is 3. The summed E-state index contributed by atoms with van der Waals surface area (Å²) in [6.45, 7) is 0.309. The topological polar surface area (TPSA) is 80.2 Å². The van der Waals surface area contributed by atoms with Gasteiger partial charge in [0.25, 0.3) is 0 Å². The number of ether oxygens (including phenoxy) is 4. The lowest BCUT2D eigenvalue weighted by atomic mass is 10.2. The monoisotopic (exact) mass is 513 g/mol. The van der Waals surface area contributed by atoms with Crippen molar-refractivity contribution in [1.82, 2.24) is 14.4 Å². The van der Waals surface area contributed by atoms with Crippen molar-refractivity contribution in [2.75, 3.05) is 21.3 Å². The van der Waals surface area contributed by atoms with E-state index in [1.54, 1.807) is 32.7 Å². The summed E-state index contributed by atoms with van der Waals surface area (Å²) in [5.41, 5.74) is 4.02. The number of hydrogen-bond acceptors (Lipinski definition) is 8. The molecular weight excluding hydrogens is 490 g/mol. The van der Waals surface area contributed by atoms with Crippen molar-refractivity contribution in [2.24, 2.45) is 0 Å². The predicted octanol–water partition coefficient (Wildman–Crippen LogP) is 6.48. The summed E-state index contributed by atoms with van der Waals surface area (Å²) in [5, 5.41) is 3.75. The van der Waals surface area contributed by atoms with E-state index in [0.717, 1.165) is 38.8 Å². The van der Waals surface area contributed by atoms with Gasteiger partial charge in [0.15, 0.2) is 5.76 Å². The van der Waals surface area contributed by atoms with Gasteiger partial charge in [-0.1, -0.05) is 0 Å². The van der Waals surface area contributed by atoms with Crippen molar-refractivity contribution in [3.8, 4) is 45.0 Å². The molecule has 6 aromatic rings. The molecule has 0 N–H and O–H groups in total. The number of methoxy groups -OCH3 is 3. The minimum atomic E-state index is 0.309. The molecule has 0 unspecified atom stereocenters. The molecule has 0 bridgehead atoms. The zero-order chi connectivity index (χ0) is 25.4. The Kier molecular flexibility index (Phi) is 5.90. The van der Waals surface area contributed by atoms with Crippen LogP contribution in [-0.4, -0.2) is 35.7 Å². The van der Waals surface area contributed by atoms with Crippen LogP contribution in [0.5, 0.6) is 23.0 Å². The molecule has 0 amide bonds. The van der Waals surface area contributed by atoms with E-state index < -0.39 is 0 Å².